The van der Waals surface area contributed by atoms with Gasteiger partial charge in [-0.15, -0.1) is 0 Å². The van der Waals surface area contributed by atoms with Crippen LogP contribution in [0.3, 0.4) is 0 Å². The highest BCUT2D eigenvalue weighted by atomic mass is 16.5. The van der Waals surface area contributed by atoms with Crippen LogP contribution in [0.5, 0.6) is 5.75 Å². The lowest BCUT2D eigenvalue weighted by Crippen LogP contribution is -2.16. The van der Waals surface area contributed by atoms with Crippen LogP contribution in [0.4, 0.5) is 0 Å². The molecule has 0 saturated carbocycles. The molecule has 0 heterocycles. The van der Waals surface area contributed by atoms with Gasteiger partial charge in [-0.1, -0.05) is 25.1 Å². The van der Waals surface area contributed by atoms with Crippen molar-refractivity contribution in [2.75, 3.05) is 13.1 Å². The maximum absolute atomic E-state index is 5.80. The summed E-state index contributed by atoms with van der Waals surface area (Å²) in [6, 6.07) is 8.35. The smallest absolute Gasteiger partial charge is 0.122 e. The molecule has 0 atom stereocenters. The van der Waals surface area contributed by atoms with Gasteiger partial charge in [0, 0.05) is 0 Å². The lowest BCUT2D eigenvalue weighted by atomic mass is 10.1. The lowest BCUT2D eigenvalue weighted by Gasteiger charge is -2.14. The van der Waals surface area contributed by atoms with E-state index in [-0.39, 0.29) is 6.10 Å². The minimum absolute atomic E-state index is 0.245. The number of nitrogens with one attached hydrogen (secondary N) is 1. The van der Waals surface area contributed by atoms with Gasteiger partial charge in [-0.25, -0.2) is 0 Å². The minimum Gasteiger partial charge on any atom is -0.491 e. The Hall–Kier alpha value is -1.02. The summed E-state index contributed by atoms with van der Waals surface area (Å²) in [6.07, 6.45) is 3.69. The van der Waals surface area contributed by atoms with Crippen molar-refractivity contribution < 1.29 is 4.74 Å². The predicted molar refractivity (Wildman–Crippen MR) is 73.7 cm³/mol. The van der Waals surface area contributed by atoms with Crippen LogP contribution in [-0.4, -0.2) is 19.2 Å². The third-order valence-corrected chi connectivity index (χ3v) is 2.56. The predicted octanol–water partition coefficient (Wildman–Crippen LogP) is 3.41. The Kier molecular flexibility index (Phi) is 6.71. The van der Waals surface area contributed by atoms with Gasteiger partial charge in [0.2, 0.25) is 0 Å². The van der Waals surface area contributed by atoms with E-state index in [1.54, 1.807) is 0 Å². The summed E-state index contributed by atoms with van der Waals surface area (Å²) < 4.78 is 5.80. The first-order valence-corrected chi connectivity index (χ1v) is 6.69. The molecular formula is C15H25NO. The zero-order valence-electron chi connectivity index (χ0n) is 11.3. The second-order valence-corrected chi connectivity index (χ2v) is 4.63. The lowest BCUT2D eigenvalue weighted by molar-refractivity contribution is 0.240. The van der Waals surface area contributed by atoms with Gasteiger partial charge in [-0.05, 0) is 57.8 Å². The molecule has 17 heavy (non-hydrogen) atoms. The van der Waals surface area contributed by atoms with Crippen molar-refractivity contribution in [1.29, 1.82) is 0 Å². The fourth-order valence-electron chi connectivity index (χ4n) is 1.78. The summed E-state index contributed by atoms with van der Waals surface area (Å²) in [5.74, 6) is 1.04. The highest BCUT2D eigenvalue weighted by molar-refractivity contribution is 5.33. The first kappa shape index (κ1) is 14.0. The molecule has 0 amide bonds. The van der Waals surface area contributed by atoms with Crippen LogP contribution >= 0.6 is 0 Å². The maximum Gasteiger partial charge on any atom is 0.122 e. The molecule has 0 aliphatic carbocycles. The molecular weight excluding hydrogens is 210 g/mol. The molecule has 0 aliphatic heterocycles. The van der Waals surface area contributed by atoms with Gasteiger partial charge in [0.1, 0.15) is 5.75 Å². The number of ether oxygens (including phenoxy) is 1. The molecule has 0 aliphatic rings. The van der Waals surface area contributed by atoms with Crippen molar-refractivity contribution in [2.24, 2.45) is 0 Å². The van der Waals surface area contributed by atoms with Gasteiger partial charge in [-0.3, -0.25) is 0 Å². The van der Waals surface area contributed by atoms with Crippen LogP contribution in [-0.2, 0) is 6.42 Å². The van der Waals surface area contributed by atoms with Gasteiger partial charge in [0.15, 0.2) is 0 Å². The Balaban J connectivity index is 2.40. The standard InChI is InChI=1S/C15H25NO/c1-4-11-16-12-7-9-14-8-5-6-10-15(14)17-13(2)3/h5-6,8,10,13,16H,4,7,9,11-12H2,1-3H3. The molecule has 2 nitrogen and oxygen atoms in total. The van der Waals surface area contributed by atoms with Crippen molar-refractivity contribution in [3.63, 3.8) is 0 Å². The fourth-order valence-corrected chi connectivity index (χ4v) is 1.78. The van der Waals surface area contributed by atoms with Crippen LogP contribution in [0.2, 0.25) is 0 Å². The van der Waals surface area contributed by atoms with Crippen LogP contribution in [0.15, 0.2) is 24.3 Å². The number of rotatable bonds is 8. The second kappa shape index (κ2) is 8.13. The van der Waals surface area contributed by atoms with E-state index >= 15 is 0 Å². The Morgan fingerprint density at radius 1 is 1.18 bits per heavy atom. The topological polar surface area (TPSA) is 21.3 Å². The average molecular weight is 235 g/mol. The fraction of sp³-hybridized carbons (Fsp3) is 0.600. The normalized spacial score (nSPS) is 10.8. The number of para-hydroxylation sites is 1. The summed E-state index contributed by atoms with van der Waals surface area (Å²) in [5.41, 5.74) is 1.32. The van der Waals surface area contributed by atoms with Crippen LogP contribution in [0.1, 0.15) is 39.2 Å². The molecule has 1 rings (SSSR count). The third kappa shape index (κ3) is 5.73. The minimum atomic E-state index is 0.245. The molecule has 2 heteroatoms. The molecule has 0 fully saturated rings. The van der Waals surface area contributed by atoms with Crippen molar-refractivity contribution in [3.05, 3.63) is 29.8 Å². The number of hydrogen-bond acceptors (Lipinski definition) is 2. The summed E-state index contributed by atoms with van der Waals surface area (Å²) in [6.45, 7) is 8.53. The SMILES string of the molecule is CCCNCCCc1ccccc1OC(C)C. The van der Waals surface area contributed by atoms with Gasteiger partial charge in [0.25, 0.3) is 0 Å². The Bertz CT molecular complexity index is 310. The molecule has 0 bridgehead atoms. The number of aryl methyl sites for hydroxylation is 1. The Morgan fingerprint density at radius 3 is 2.65 bits per heavy atom. The number of benzene rings is 1. The van der Waals surface area contributed by atoms with Crippen LogP contribution in [0.25, 0.3) is 0 Å². The van der Waals surface area contributed by atoms with Gasteiger partial charge in [-0.2, -0.15) is 0 Å². The maximum atomic E-state index is 5.80. The van der Waals surface area contributed by atoms with Crippen molar-refractivity contribution in [3.8, 4) is 5.75 Å². The van der Waals surface area contributed by atoms with E-state index in [9.17, 15) is 0 Å². The molecule has 1 aromatic rings. The van der Waals surface area contributed by atoms with Crippen molar-refractivity contribution in [1.82, 2.24) is 5.32 Å². The van der Waals surface area contributed by atoms with Gasteiger partial charge in [0.05, 0.1) is 6.10 Å². The Labute approximate surface area is 105 Å². The van der Waals surface area contributed by atoms with E-state index in [1.165, 1.54) is 18.4 Å². The quantitative estimate of drug-likeness (QED) is 0.697. The van der Waals surface area contributed by atoms with Crippen molar-refractivity contribution in [2.45, 2.75) is 46.1 Å². The zero-order valence-corrected chi connectivity index (χ0v) is 11.3. The zero-order chi connectivity index (χ0) is 12.5. The highest BCUT2D eigenvalue weighted by Gasteiger charge is 2.04. The largest absolute Gasteiger partial charge is 0.491 e. The molecule has 0 saturated heterocycles. The summed E-state index contributed by atoms with van der Waals surface area (Å²) >= 11 is 0. The molecule has 1 aromatic carbocycles. The first-order valence-electron chi connectivity index (χ1n) is 6.69. The third-order valence-electron chi connectivity index (χ3n) is 2.56. The summed E-state index contributed by atoms with van der Waals surface area (Å²) in [4.78, 5) is 0. The molecule has 0 aromatic heterocycles. The Morgan fingerprint density at radius 2 is 1.94 bits per heavy atom. The van der Waals surface area contributed by atoms with Crippen LogP contribution in [0, 0.1) is 0 Å². The van der Waals surface area contributed by atoms with E-state index in [2.05, 4.69) is 44.3 Å². The molecule has 1 N–H and O–H groups in total. The molecule has 0 unspecified atom stereocenters. The average Bonchev–Trinajstić information content (AvgIpc) is 2.30. The second-order valence-electron chi connectivity index (χ2n) is 4.63. The van der Waals surface area contributed by atoms with Crippen LogP contribution < -0.4 is 10.1 Å². The summed E-state index contributed by atoms with van der Waals surface area (Å²) in [5, 5.41) is 3.42. The molecule has 0 radical (unpaired) electrons. The van der Waals surface area contributed by atoms with E-state index in [0.717, 1.165) is 25.3 Å². The monoisotopic (exact) mass is 235 g/mol. The highest BCUT2D eigenvalue weighted by Crippen LogP contribution is 2.20. The van der Waals surface area contributed by atoms with E-state index in [4.69, 9.17) is 4.74 Å². The summed E-state index contributed by atoms with van der Waals surface area (Å²) in [7, 11) is 0. The molecule has 0 spiro atoms. The van der Waals surface area contributed by atoms with Crippen molar-refractivity contribution >= 4 is 0 Å². The van der Waals surface area contributed by atoms with Gasteiger partial charge < -0.3 is 10.1 Å². The molecule has 96 valence electrons. The first-order chi connectivity index (χ1) is 8.24. The number of hydrogen-bond donors (Lipinski definition) is 1. The van der Waals surface area contributed by atoms with E-state index in [0.29, 0.717) is 0 Å². The van der Waals surface area contributed by atoms with Gasteiger partial charge >= 0.3 is 0 Å². The van der Waals surface area contributed by atoms with E-state index < -0.39 is 0 Å². The van der Waals surface area contributed by atoms with E-state index in [1.807, 2.05) is 6.07 Å².